The molecule has 0 spiro atoms. The molecule has 2 fully saturated rings. The predicted octanol–water partition coefficient (Wildman–Crippen LogP) is 3.96. The second kappa shape index (κ2) is 9.67. The van der Waals surface area contributed by atoms with E-state index in [1.165, 1.54) is 0 Å². The van der Waals surface area contributed by atoms with Crippen LogP contribution >= 0.6 is 27.7 Å². The minimum Gasteiger partial charge on any atom is -0.378 e. The van der Waals surface area contributed by atoms with E-state index in [2.05, 4.69) is 26.1 Å². The number of hydrogen-bond donors (Lipinski definition) is 1. The Kier molecular flexibility index (Phi) is 6.74. The van der Waals surface area contributed by atoms with Crippen LogP contribution in [0.15, 0.2) is 57.9 Å². The van der Waals surface area contributed by atoms with Crippen molar-refractivity contribution in [1.82, 2.24) is 4.90 Å². The highest BCUT2D eigenvalue weighted by Gasteiger charge is 2.36. The number of rotatable bonds is 5. The third-order valence-electron chi connectivity index (χ3n) is 4.85. The molecule has 2 saturated heterocycles. The van der Waals surface area contributed by atoms with Gasteiger partial charge in [-0.3, -0.25) is 19.3 Å². The van der Waals surface area contributed by atoms with E-state index in [1.54, 1.807) is 6.08 Å². The molecule has 1 N–H and O–H groups in total. The number of nitrogens with one attached hydrogen (secondary N) is 1. The number of halogens is 1. The fraction of sp³-hybridized carbons (Fsp3) is 0.227. The molecular formula is C22H20BrN3O4S. The first-order valence-electron chi connectivity index (χ1n) is 9.74. The molecule has 0 unspecified atom stereocenters. The summed E-state index contributed by atoms with van der Waals surface area (Å²) in [5.41, 5.74) is 2.33. The number of thioether (sulfide) groups is 1. The number of para-hydroxylation sites is 2. The van der Waals surface area contributed by atoms with Crippen LogP contribution in [0.1, 0.15) is 5.56 Å². The maximum Gasteiger partial charge on any atom is 0.294 e. The van der Waals surface area contributed by atoms with Crippen LogP contribution < -0.4 is 10.2 Å². The molecule has 9 heteroatoms. The van der Waals surface area contributed by atoms with Crippen molar-refractivity contribution in [2.75, 3.05) is 43.1 Å². The highest BCUT2D eigenvalue weighted by molar-refractivity contribution is 9.10. The van der Waals surface area contributed by atoms with Gasteiger partial charge in [0.1, 0.15) is 6.54 Å². The van der Waals surface area contributed by atoms with Crippen LogP contribution in [0.3, 0.4) is 0 Å². The molecule has 0 aliphatic carbocycles. The van der Waals surface area contributed by atoms with E-state index in [0.29, 0.717) is 23.8 Å². The zero-order valence-corrected chi connectivity index (χ0v) is 18.9. The SMILES string of the molecule is O=C(CN1C(=O)S/C(=C/c2cccc(Br)c2)C1=O)Nc1ccccc1N1CCOCC1. The number of imide groups is 1. The monoisotopic (exact) mass is 501 g/mol. The fourth-order valence-electron chi connectivity index (χ4n) is 3.38. The molecule has 0 bridgehead atoms. The number of benzene rings is 2. The van der Waals surface area contributed by atoms with Crippen molar-refractivity contribution in [3.05, 3.63) is 63.5 Å². The zero-order chi connectivity index (χ0) is 21.8. The van der Waals surface area contributed by atoms with Gasteiger partial charge in [0, 0.05) is 17.6 Å². The normalized spacial score (nSPS) is 18.0. The first-order valence-corrected chi connectivity index (χ1v) is 11.3. The van der Waals surface area contributed by atoms with Gasteiger partial charge < -0.3 is 15.0 Å². The summed E-state index contributed by atoms with van der Waals surface area (Å²) in [4.78, 5) is 41.2. The molecule has 31 heavy (non-hydrogen) atoms. The van der Waals surface area contributed by atoms with Gasteiger partial charge in [0.25, 0.3) is 11.1 Å². The Morgan fingerprint density at radius 3 is 2.68 bits per heavy atom. The zero-order valence-electron chi connectivity index (χ0n) is 16.5. The third-order valence-corrected chi connectivity index (χ3v) is 6.25. The third kappa shape index (κ3) is 5.17. The minimum absolute atomic E-state index is 0.296. The smallest absolute Gasteiger partial charge is 0.294 e. The van der Waals surface area contributed by atoms with Crippen molar-refractivity contribution in [3.8, 4) is 0 Å². The van der Waals surface area contributed by atoms with Crippen molar-refractivity contribution in [2.24, 2.45) is 0 Å². The lowest BCUT2D eigenvalue weighted by atomic mass is 10.2. The van der Waals surface area contributed by atoms with Crippen molar-refractivity contribution < 1.29 is 19.1 Å². The number of amides is 3. The number of hydrogen-bond acceptors (Lipinski definition) is 6. The van der Waals surface area contributed by atoms with Crippen molar-refractivity contribution in [3.63, 3.8) is 0 Å². The highest BCUT2D eigenvalue weighted by atomic mass is 79.9. The van der Waals surface area contributed by atoms with E-state index in [-0.39, 0.29) is 6.54 Å². The second-order valence-electron chi connectivity index (χ2n) is 6.99. The Balaban J connectivity index is 1.44. The summed E-state index contributed by atoms with van der Waals surface area (Å²) in [6, 6.07) is 14.9. The lowest BCUT2D eigenvalue weighted by Crippen LogP contribution is -2.38. The van der Waals surface area contributed by atoms with Crippen molar-refractivity contribution in [2.45, 2.75) is 0 Å². The molecule has 3 amide bonds. The van der Waals surface area contributed by atoms with Crippen LogP contribution in [0.5, 0.6) is 0 Å². The summed E-state index contributed by atoms with van der Waals surface area (Å²) in [5.74, 6) is -0.890. The van der Waals surface area contributed by atoms with Gasteiger partial charge in [-0.1, -0.05) is 40.2 Å². The number of carbonyl (C=O) groups excluding carboxylic acids is 3. The summed E-state index contributed by atoms with van der Waals surface area (Å²) >= 11 is 4.23. The Hall–Kier alpha value is -2.62. The Morgan fingerprint density at radius 1 is 1.13 bits per heavy atom. The average molecular weight is 502 g/mol. The maximum absolute atomic E-state index is 12.7. The van der Waals surface area contributed by atoms with Crippen molar-refractivity contribution >= 4 is 62.2 Å². The number of anilines is 2. The number of morpholine rings is 1. The fourth-order valence-corrected chi connectivity index (χ4v) is 4.63. The molecule has 0 saturated carbocycles. The van der Waals surface area contributed by atoms with E-state index in [0.717, 1.165) is 45.5 Å². The Bertz CT molecular complexity index is 1050. The first kappa shape index (κ1) is 21.6. The van der Waals surface area contributed by atoms with E-state index in [4.69, 9.17) is 4.74 Å². The molecule has 0 atom stereocenters. The van der Waals surface area contributed by atoms with Gasteiger partial charge in [-0.05, 0) is 47.7 Å². The molecule has 2 aromatic rings. The van der Waals surface area contributed by atoms with Crippen LogP contribution in [0.2, 0.25) is 0 Å². The van der Waals surface area contributed by atoms with E-state index < -0.39 is 17.1 Å². The molecule has 0 aromatic heterocycles. The molecule has 4 rings (SSSR count). The Morgan fingerprint density at radius 2 is 1.90 bits per heavy atom. The van der Waals surface area contributed by atoms with Gasteiger partial charge in [-0.15, -0.1) is 0 Å². The topological polar surface area (TPSA) is 79.0 Å². The standard InChI is InChI=1S/C22H20BrN3O4S/c23-16-5-3-4-15(12-16)13-19-21(28)26(22(29)31-19)14-20(27)24-17-6-1-2-7-18(17)25-8-10-30-11-9-25/h1-7,12-13H,8-11,14H2,(H,24,27)/b19-13+. The van der Waals surface area contributed by atoms with Crippen LogP contribution in [0, 0.1) is 0 Å². The van der Waals surface area contributed by atoms with E-state index in [1.807, 2.05) is 48.5 Å². The number of nitrogens with zero attached hydrogens (tertiary/aromatic N) is 2. The number of carbonyl (C=O) groups is 3. The average Bonchev–Trinajstić information content (AvgIpc) is 3.02. The summed E-state index contributed by atoms with van der Waals surface area (Å²) in [6.07, 6.45) is 1.65. The molecule has 7 nitrogen and oxygen atoms in total. The van der Waals surface area contributed by atoms with Gasteiger partial charge in [0.2, 0.25) is 5.91 Å². The summed E-state index contributed by atoms with van der Waals surface area (Å²) in [6.45, 7) is 2.39. The minimum atomic E-state index is -0.466. The molecule has 2 aromatic carbocycles. The predicted molar refractivity (Wildman–Crippen MR) is 125 cm³/mol. The van der Waals surface area contributed by atoms with Gasteiger partial charge in [0.05, 0.1) is 29.5 Å². The first-order chi connectivity index (χ1) is 15.0. The molecule has 2 heterocycles. The van der Waals surface area contributed by atoms with Gasteiger partial charge in [0.15, 0.2) is 0 Å². The van der Waals surface area contributed by atoms with Crippen LogP contribution in [-0.4, -0.2) is 54.8 Å². The van der Waals surface area contributed by atoms with Gasteiger partial charge in [-0.25, -0.2) is 0 Å². The lowest BCUT2D eigenvalue weighted by molar-refractivity contribution is -0.127. The maximum atomic E-state index is 12.7. The summed E-state index contributed by atoms with van der Waals surface area (Å²) < 4.78 is 6.27. The molecule has 2 aliphatic heterocycles. The largest absolute Gasteiger partial charge is 0.378 e. The summed E-state index contributed by atoms with van der Waals surface area (Å²) in [7, 11) is 0. The summed E-state index contributed by atoms with van der Waals surface area (Å²) in [5, 5.41) is 2.39. The molecule has 2 aliphatic rings. The molecule has 0 radical (unpaired) electrons. The van der Waals surface area contributed by atoms with E-state index in [9.17, 15) is 14.4 Å². The molecular weight excluding hydrogens is 482 g/mol. The van der Waals surface area contributed by atoms with Crippen LogP contribution in [-0.2, 0) is 14.3 Å². The Labute approximate surface area is 192 Å². The van der Waals surface area contributed by atoms with Crippen LogP contribution in [0.4, 0.5) is 16.2 Å². The number of ether oxygens (including phenoxy) is 1. The van der Waals surface area contributed by atoms with Crippen molar-refractivity contribution in [1.29, 1.82) is 0 Å². The van der Waals surface area contributed by atoms with E-state index >= 15 is 0 Å². The van der Waals surface area contributed by atoms with Crippen LogP contribution in [0.25, 0.3) is 6.08 Å². The lowest BCUT2D eigenvalue weighted by Gasteiger charge is -2.30. The highest BCUT2D eigenvalue weighted by Crippen LogP contribution is 2.33. The van der Waals surface area contributed by atoms with Gasteiger partial charge >= 0.3 is 0 Å². The quantitative estimate of drug-likeness (QED) is 0.624. The molecule has 160 valence electrons. The second-order valence-corrected chi connectivity index (χ2v) is 8.90. The van der Waals surface area contributed by atoms with Gasteiger partial charge in [-0.2, -0.15) is 0 Å².